The lowest BCUT2D eigenvalue weighted by Gasteiger charge is -2.09. The average Bonchev–Trinajstić information content (AvgIpc) is 2.45. The monoisotopic (exact) mass is 285 g/mol. The molecule has 8 nitrogen and oxygen atoms in total. The minimum Gasteiger partial charge on any atom is -0.463 e. The van der Waals surface area contributed by atoms with E-state index in [9.17, 15) is 0 Å². The van der Waals surface area contributed by atoms with Gasteiger partial charge in [0.2, 0.25) is 11.9 Å². The SMILES string of the molecule is CCCOc1nc(NCC)nc(NCCOCCO)n1. The van der Waals surface area contributed by atoms with Gasteiger partial charge in [-0.1, -0.05) is 6.92 Å². The second-order valence-corrected chi connectivity index (χ2v) is 3.91. The van der Waals surface area contributed by atoms with Crippen molar-refractivity contribution in [3.05, 3.63) is 0 Å². The van der Waals surface area contributed by atoms with E-state index in [0.717, 1.165) is 13.0 Å². The van der Waals surface area contributed by atoms with Crippen molar-refractivity contribution in [3.63, 3.8) is 0 Å². The molecule has 1 rings (SSSR count). The normalized spacial score (nSPS) is 10.3. The van der Waals surface area contributed by atoms with Crippen LogP contribution in [0.3, 0.4) is 0 Å². The molecule has 0 unspecified atom stereocenters. The molecule has 0 aliphatic heterocycles. The van der Waals surface area contributed by atoms with Gasteiger partial charge < -0.3 is 25.2 Å². The quantitative estimate of drug-likeness (QED) is 0.506. The fourth-order valence-corrected chi connectivity index (χ4v) is 1.33. The highest BCUT2D eigenvalue weighted by atomic mass is 16.5. The Morgan fingerprint density at radius 2 is 1.75 bits per heavy atom. The van der Waals surface area contributed by atoms with E-state index in [-0.39, 0.29) is 6.61 Å². The first kappa shape index (κ1) is 16.4. The van der Waals surface area contributed by atoms with E-state index in [4.69, 9.17) is 14.6 Å². The smallest absolute Gasteiger partial charge is 0.323 e. The lowest BCUT2D eigenvalue weighted by molar-refractivity contribution is 0.0991. The molecule has 8 heteroatoms. The Kier molecular flexibility index (Phi) is 8.32. The fraction of sp³-hybridized carbons (Fsp3) is 0.750. The van der Waals surface area contributed by atoms with E-state index >= 15 is 0 Å². The zero-order chi connectivity index (χ0) is 14.6. The molecule has 20 heavy (non-hydrogen) atoms. The van der Waals surface area contributed by atoms with Gasteiger partial charge in [0.05, 0.1) is 26.4 Å². The molecular weight excluding hydrogens is 262 g/mol. The third-order valence-corrected chi connectivity index (χ3v) is 2.15. The number of ether oxygens (including phenoxy) is 2. The van der Waals surface area contributed by atoms with Crippen molar-refractivity contribution in [1.29, 1.82) is 0 Å². The van der Waals surface area contributed by atoms with Crippen LogP contribution in [-0.4, -0.2) is 59.6 Å². The summed E-state index contributed by atoms with van der Waals surface area (Å²) in [6.07, 6.45) is 0.889. The molecule has 0 amide bonds. The molecule has 0 saturated heterocycles. The Morgan fingerprint density at radius 1 is 1.00 bits per heavy atom. The molecule has 1 aromatic rings. The highest BCUT2D eigenvalue weighted by molar-refractivity contribution is 5.35. The number of nitrogens with zero attached hydrogens (tertiary/aromatic N) is 3. The van der Waals surface area contributed by atoms with Gasteiger partial charge in [0.1, 0.15) is 0 Å². The first-order valence-electron chi connectivity index (χ1n) is 6.85. The number of hydrogen-bond donors (Lipinski definition) is 3. The minimum atomic E-state index is 0.0192. The standard InChI is InChI=1S/C12H23N5O3/c1-3-7-20-12-16-10(13-4-2)15-11(17-12)14-5-8-19-9-6-18/h18H,3-9H2,1-2H3,(H2,13,14,15,16,17). The Hall–Kier alpha value is -1.67. The summed E-state index contributed by atoms with van der Waals surface area (Å²) in [5, 5.41) is 14.7. The number of aromatic nitrogens is 3. The van der Waals surface area contributed by atoms with Crippen molar-refractivity contribution in [2.24, 2.45) is 0 Å². The molecular formula is C12H23N5O3. The largest absolute Gasteiger partial charge is 0.463 e. The summed E-state index contributed by atoms with van der Waals surface area (Å²) in [4.78, 5) is 12.5. The van der Waals surface area contributed by atoms with Crippen molar-refractivity contribution in [2.75, 3.05) is 50.2 Å². The summed E-state index contributed by atoms with van der Waals surface area (Å²) >= 11 is 0. The first-order valence-corrected chi connectivity index (χ1v) is 6.85. The number of aliphatic hydroxyl groups is 1. The zero-order valence-electron chi connectivity index (χ0n) is 12.1. The van der Waals surface area contributed by atoms with Gasteiger partial charge in [0.15, 0.2) is 0 Å². The zero-order valence-corrected chi connectivity index (χ0v) is 12.1. The van der Waals surface area contributed by atoms with Crippen molar-refractivity contribution in [1.82, 2.24) is 15.0 Å². The van der Waals surface area contributed by atoms with Crippen molar-refractivity contribution in [3.8, 4) is 6.01 Å². The molecule has 0 atom stereocenters. The van der Waals surface area contributed by atoms with E-state index < -0.39 is 0 Å². The van der Waals surface area contributed by atoms with Crippen LogP contribution in [0.1, 0.15) is 20.3 Å². The molecule has 0 radical (unpaired) electrons. The number of hydrogen-bond acceptors (Lipinski definition) is 8. The van der Waals surface area contributed by atoms with Crippen LogP contribution < -0.4 is 15.4 Å². The summed E-state index contributed by atoms with van der Waals surface area (Å²) in [6.45, 7) is 6.62. The summed E-state index contributed by atoms with van der Waals surface area (Å²) in [6, 6.07) is 0.302. The van der Waals surface area contributed by atoms with E-state index in [1.165, 1.54) is 0 Å². The predicted octanol–water partition coefficient (Wildman–Crippen LogP) is 0.513. The third-order valence-electron chi connectivity index (χ3n) is 2.15. The molecule has 3 N–H and O–H groups in total. The number of aliphatic hydroxyl groups excluding tert-OH is 1. The Morgan fingerprint density at radius 3 is 2.40 bits per heavy atom. The molecule has 0 saturated carbocycles. The second kappa shape index (κ2) is 10.2. The molecule has 0 bridgehead atoms. The van der Waals surface area contributed by atoms with Crippen LogP contribution in [0.25, 0.3) is 0 Å². The van der Waals surface area contributed by atoms with Gasteiger partial charge in [0.25, 0.3) is 0 Å². The Balaban J connectivity index is 2.55. The highest BCUT2D eigenvalue weighted by Crippen LogP contribution is 2.11. The van der Waals surface area contributed by atoms with Crippen LogP contribution in [0.15, 0.2) is 0 Å². The van der Waals surface area contributed by atoms with Gasteiger partial charge in [-0.2, -0.15) is 15.0 Å². The molecule has 0 aliphatic rings. The van der Waals surface area contributed by atoms with E-state index in [1.807, 2.05) is 13.8 Å². The van der Waals surface area contributed by atoms with E-state index in [2.05, 4.69) is 25.6 Å². The van der Waals surface area contributed by atoms with Crippen molar-refractivity contribution in [2.45, 2.75) is 20.3 Å². The molecule has 1 aromatic heterocycles. The average molecular weight is 285 g/mol. The van der Waals surface area contributed by atoms with Crippen molar-refractivity contribution >= 4 is 11.9 Å². The minimum absolute atomic E-state index is 0.0192. The van der Waals surface area contributed by atoms with Gasteiger partial charge in [-0.25, -0.2) is 0 Å². The Labute approximate surface area is 118 Å². The van der Waals surface area contributed by atoms with Crippen LogP contribution in [0.5, 0.6) is 6.01 Å². The predicted molar refractivity (Wildman–Crippen MR) is 76.2 cm³/mol. The summed E-state index contributed by atoms with van der Waals surface area (Å²) in [5.74, 6) is 0.919. The first-order chi connectivity index (χ1) is 9.80. The molecule has 0 aliphatic carbocycles. The van der Waals surface area contributed by atoms with Crippen LogP contribution in [0, 0.1) is 0 Å². The van der Waals surface area contributed by atoms with Gasteiger partial charge in [0, 0.05) is 13.1 Å². The van der Waals surface area contributed by atoms with Gasteiger partial charge in [-0.05, 0) is 13.3 Å². The number of anilines is 2. The van der Waals surface area contributed by atoms with E-state index in [0.29, 0.717) is 44.3 Å². The van der Waals surface area contributed by atoms with Crippen LogP contribution in [-0.2, 0) is 4.74 Å². The summed E-state index contributed by atoms with van der Waals surface area (Å²) < 4.78 is 10.6. The number of nitrogens with one attached hydrogen (secondary N) is 2. The maximum absolute atomic E-state index is 8.59. The van der Waals surface area contributed by atoms with Crippen molar-refractivity contribution < 1.29 is 14.6 Å². The summed E-state index contributed by atoms with van der Waals surface area (Å²) in [7, 11) is 0. The highest BCUT2D eigenvalue weighted by Gasteiger charge is 2.06. The lowest BCUT2D eigenvalue weighted by atomic mass is 10.5. The Bertz CT molecular complexity index is 378. The topological polar surface area (TPSA) is 101 Å². The molecule has 0 aromatic carbocycles. The van der Waals surface area contributed by atoms with E-state index in [1.54, 1.807) is 0 Å². The molecule has 1 heterocycles. The number of rotatable bonds is 11. The van der Waals surface area contributed by atoms with Gasteiger partial charge in [-0.15, -0.1) is 0 Å². The lowest BCUT2D eigenvalue weighted by Crippen LogP contribution is -2.15. The van der Waals surface area contributed by atoms with Crippen LogP contribution >= 0.6 is 0 Å². The molecule has 0 spiro atoms. The van der Waals surface area contributed by atoms with Crippen LogP contribution in [0.2, 0.25) is 0 Å². The summed E-state index contributed by atoms with van der Waals surface area (Å²) in [5.41, 5.74) is 0. The van der Waals surface area contributed by atoms with Gasteiger partial charge >= 0.3 is 6.01 Å². The third kappa shape index (κ3) is 6.48. The maximum atomic E-state index is 8.59. The van der Waals surface area contributed by atoms with Crippen LogP contribution in [0.4, 0.5) is 11.9 Å². The fourth-order valence-electron chi connectivity index (χ4n) is 1.33. The molecule has 0 fully saturated rings. The van der Waals surface area contributed by atoms with Gasteiger partial charge in [-0.3, -0.25) is 0 Å². The molecule has 114 valence electrons. The second-order valence-electron chi connectivity index (χ2n) is 3.91. The maximum Gasteiger partial charge on any atom is 0.323 e.